The zero-order valence-electron chi connectivity index (χ0n) is 15.5. The van der Waals surface area contributed by atoms with Gasteiger partial charge in [0.15, 0.2) is 5.16 Å². The van der Waals surface area contributed by atoms with Crippen molar-refractivity contribution in [2.24, 2.45) is 5.92 Å². The van der Waals surface area contributed by atoms with Crippen LogP contribution in [-0.4, -0.2) is 15.0 Å². The fourth-order valence-electron chi connectivity index (χ4n) is 3.07. The minimum Gasteiger partial charge on any atom is -0.301 e. The van der Waals surface area contributed by atoms with Crippen molar-refractivity contribution in [3.63, 3.8) is 0 Å². The van der Waals surface area contributed by atoms with Crippen molar-refractivity contribution in [2.75, 3.05) is 0 Å². The number of fused-ring (bicyclic) bond motifs is 2. The maximum Gasteiger partial charge on any atom is 0.260 e. The van der Waals surface area contributed by atoms with Crippen LogP contribution >= 0.6 is 34.4 Å². The molecular weight excluding hydrogens is 394 g/mol. The van der Waals surface area contributed by atoms with Crippen LogP contribution in [0.1, 0.15) is 35.7 Å². The number of aromatic amines is 1. The van der Waals surface area contributed by atoms with Gasteiger partial charge >= 0.3 is 0 Å². The van der Waals surface area contributed by atoms with Gasteiger partial charge in [0.05, 0.1) is 21.4 Å². The Morgan fingerprint density at radius 2 is 2.04 bits per heavy atom. The average molecular weight is 416 g/mol. The van der Waals surface area contributed by atoms with Crippen LogP contribution in [0.4, 0.5) is 0 Å². The maximum atomic E-state index is 12.7. The predicted octanol–water partition coefficient (Wildman–Crippen LogP) is 5.78. The van der Waals surface area contributed by atoms with E-state index >= 15 is 0 Å². The second-order valence-electron chi connectivity index (χ2n) is 6.77. The summed E-state index contributed by atoms with van der Waals surface area (Å²) in [6.45, 7) is 6.51. The smallest absolute Gasteiger partial charge is 0.260 e. The second kappa shape index (κ2) is 7.73. The third-order valence-electron chi connectivity index (χ3n) is 4.76. The monoisotopic (exact) mass is 415 g/mol. The fourth-order valence-corrected chi connectivity index (χ4v) is 6.01. The molecule has 0 aliphatic heterocycles. The van der Waals surface area contributed by atoms with Gasteiger partial charge in [-0.25, -0.2) is 9.97 Å². The molecule has 0 radical (unpaired) electrons. The van der Waals surface area contributed by atoms with Gasteiger partial charge in [0.2, 0.25) is 0 Å². The lowest BCUT2D eigenvalue weighted by Crippen LogP contribution is -2.11. The number of aromatic nitrogens is 3. The number of aryl methyl sites for hydroxylation is 1. The topological polar surface area (TPSA) is 58.6 Å². The minimum absolute atomic E-state index is 0.0190. The number of hydrogen-bond acceptors (Lipinski definition) is 6. The molecule has 0 unspecified atom stereocenters. The van der Waals surface area contributed by atoms with Crippen LogP contribution in [-0.2, 0) is 12.2 Å². The summed E-state index contributed by atoms with van der Waals surface area (Å²) >= 11 is 4.86. The largest absolute Gasteiger partial charge is 0.301 e. The first-order chi connectivity index (χ1) is 13.0. The van der Waals surface area contributed by atoms with Gasteiger partial charge in [0.1, 0.15) is 9.84 Å². The lowest BCUT2D eigenvalue weighted by atomic mass is 9.98. The highest BCUT2D eigenvalue weighted by Gasteiger charge is 2.17. The number of H-pyrrole nitrogens is 1. The number of para-hydroxylation sites is 1. The molecule has 1 aromatic carbocycles. The lowest BCUT2D eigenvalue weighted by molar-refractivity contribution is 0.561. The summed E-state index contributed by atoms with van der Waals surface area (Å²) in [4.78, 5) is 27.1. The van der Waals surface area contributed by atoms with Crippen LogP contribution in [0, 0.1) is 12.8 Å². The Balaban J connectivity index is 1.60. The molecule has 0 saturated carbocycles. The van der Waals surface area contributed by atoms with Gasteiger partial charge < -0.3 is 4.98 Å². The predicted molar refractivity (Wildman–Crippen MR) is 117 cm³/mol. The normalized spacial score (nSPS) is 12.9. The van der Waals surface area contributed by atoms with Crippen molar-refractivity contribution >= 4 is 54.9 Å². The molecule has 27 heavy (non-hydrogen) atoms. The number of nitrogens with one attached hydrogen (secondary N) is 1. The Hall–Kier alpha value is -1.70. The average Bonchev–Trinajstić information content (AvgIpc) is 3.20. The second-order valence-corrected chi connectivity index (χ2v) is 10.1. The van der Waals surface area contributed by atoms with Gasteiger partial charge in [0.25, 0.3) is 5.56 Å². The lowest BCUT2D eigenvalue weighted by Gasteiger charge is -2.08. The first-order valence-corrected chi connectivity index (χ1v) is 11.7. The molecule has 0 aliphatic rings. The van der Waals surface area contributed by atoms with Gasteiger partial charge in [-0.2, -0.15) is 0 Å². The fraction of sp³-hybridized carbons (Fsp3) is 0.350. The molecule has 0 spiro atoms. The molecule has 0 bridgehead atoms. The van der Waals surface area contributed by atoms with Crippen LogP contribution in [0.2, 0.25) is 0 Å². The van der Waals surface area contributed by atoms with Crippen LogP contribution in [0.5, 0.6) is 0 Å². The Morgan fingerprint density at radius 3 is 2.81 bits per heavy atom. The number of benzene rings is 1. The van der Waals surface area contributed by atoms with Gasteiger partial charge in [-0.05, 0) is 37.0 Å². The minimum atomic E-state index is -0.0190. The van der Waals surface area contributed by atoms with E-state index in [4.69, 9.17) is 4.98 Å². The van der Waals surface area contributed by atoms with Crippen LogP contribution < -0.4 is 5.56 Å². The van der Waals surface area contributed by atoms with Crippen molar-refractivity contribution in [2.45, 2.75) is 44.5 Å². The van der Waals surface area contributed by atoms with E-state index in [1.54, 1.807) is 22.7 Å². The van der Waals surface area contributed by atoms with E-state index in [0.717, 1.165) is 33.6 Å². The summed E-state index contributed by atoms with van der Waals surface area (Å²) in [6.07, 6.45) is 2.05. The first kappa shape index (κ1) is 18.7. The number of rotatable bonds is 6. The van der Waals surface area contributed by atoms with Gasteiger partial charge in [0, 0.05) is 4.88 Å². The van der Waals surface area contributed by atoms with Gasteiger partial charge in [-0.3, -0.25) is 4.79 Å². The number of thiophene rings is 1. The Kier molecular flexibility index (Phi) is 5.34. The molecule has 140 valence electrons. The molecule has 1 atom stereocenters. The van der Waals surface area contributed by atoms with E-state index in [9.17, 15) is 4.79 Å². The molecule has 0 aliphatic carbocycles. The van der Waals surface area contributed by atoms with E-state index in [2.05, 4.69) is 36.8 Å². The number of nitrogens with zero attached hydrogens (tertiary/aromatic N) is 2. The molecule has 3 heterocycles. The van der Waals surface area contributed by atoms with Crippen molar-refractivity contribution in [3.05, 3.63) is 50.1 Å². The maximum absolute atomic E-state index is 12.7. The van der Waals surface area contributed by atoms with Crippen LogP contribution in [0.15, 0.2) is 34.2 Å². The Labute approximate surface area is 170 Å². The third-order valence-corrected chi connectivity index (χ3v) is 7.91. The van der Waals surface area contributed by atoms with Crippen LogP contribution in [0.25, 0.3) is 20.4 Å². The number of thioether (sulfide) groups is 1. The van der Waals surface area contributed by atoms with Crippen molar-refractivity contribution in [3.8, 4) is 0 Å². The zero-order chi connectivity index (χ0) is 19.0. The first-order valence-electron chi connectivity index (χ1n) is 9.04. The SMILES string of the molecule is CC[C@@H](C)Cc1c(C)sc2nc(SCc3nc4ccccc4s3)[nH]c(=O)c12. The van der Waals surface area contributed by atoms with Gasteiger partial charge in [-0.15, -0.1) is 22.7 Å². The van der Waals surface area contributed by atoms with Crippen molar-refractivity contribution < 1.29 is 0 Å². The summed E-state index contributed by atoms with van der Waals surface area (Å²) in [5.74, 6) is 1.27. The van der Waals surface area contributed by atoms with E-state index in [0.29, 0.717) is 16.8 Å². The molecular formula is C20H21N3OS3. The van der Waals surface area contributed by atoms with E-state index in [1.165, 1.54) is 26.9 Å². The molecule has 0 saturated heterocycles. The highest BCUT2D eigenvalue weighted by atomic mass is 32.2. The molecule has 7 heteroatoms. The molecule has 1 N–H and O–H groups in total. The molecule has 0 fully saturated rings. The standard InChI is InChI=1S/C20H21N3OS3/c1-4-11(2)9-13-12(3)26-19-17(13)18(24)22-20(23-19)25-10-16-21-14-7-5-6-8-15(14)27-16/h5-8,11H,4,9-10H2,1-3H3,(H,22,23,24)/t11-/m1/s1. The van der Waals surface area contributed by atoms with E-state index in [-0.39, 0.29) is 5.56 Å². The third kappa shape index (κ3) is 3.81. The number of hydrogen-bond donors (Lipinski definition) is 1. The molecule has 4 nitrogen and oxygen atoms in total. The highest BCUT2D eigenvalue weighted by molar-refractivity contribution is 7.98. The molecule has 0 amide bonds. The van der Waals surface area contributed by atoms with Crippen molar-refractivity contribution in [1.29, 1.82) is 0 Å². The summed E-state index contributed by atoms with van der Waals surface area (Å²) in [7, 11) is 0. The molecule has 4 rings (SSSR count). The molecule has 4 aromatic rings. The van der Waals surface area contributed by atoms with E-state index < -0.39 is 0 Å². The molecule has 3 aromatic heterocycles. The highest BCUT2D eigenvalue weighted by Crippen LogP contribution is 2.32. The summed E-state index contributed by atoms with van der Waals surface area (Å²) in [5.41, 5.74) is 2.17. The summed E-state index contributed by atoms with van der Waals surface area (Å²) in [5, 5.41) is 2.49. The van der Waals surface area contributed by atoms with Crippen molar-refractivity contribution in [1.82, 2.24) is 15.0 Å². The zero-order valence-corrected chi connectivity index (χ0v) is 18.0. The Morgan fingerprint density at radius 1 is 1.22 bits per heavy atom. The summed E-state index contributed by atoms with van der Waals surface area (Å²) in [6, 6.07) is 8.14. The van der Waals surface area contributed by atoms with E-state index in [1.807, 2.05) is 18.2 Å². The Bertz CT molecular complexity index is 1130. The quantitative estimate of drug-likeness (QED) is 0.320. The van der Waals surface area contributed by atoms with Gasteiger partial charge in [-0.1, -0.05) is 44.2 Å². The van der Waals surface area contributed by atoms with Crippen LogP contribution in [0.3, 0.4) is 0 Å². The summed E-state index contributed by atoms with van der Waals surface area (Å²) < 4.78 is 1.19. The number of thiazole rings is 1.